The Morgan fingerprint density at radius 2 is 1.77 bits per heavy atom. The molecule has 1 aliphatic heterocycles. The smallest absolute Gasteiger partial charge is 0.444 e. The molecule has 1 aliphatic rings. The minimum absolute atomic E-state index is 0.0158. The number of esters is 1. The number of amides is 1. The Bertz CT molecular complexity index is 420. The van der Waals surface area contributed by atoms with Crippen molar-refractivity contribution in [2.75, 3.05) is 19.7 Å². The van der Waals surface area contributed by atoms with E-state index in [4.69, 9.17) is 9.47 Å². The van der Waals surface area contributed by atoms with E-state index in [2.05, 4.69) is 4.74 Å². The van der Waals surface area contributed by atoms with Crippen molar-refractivity contribution in [2.24, 2.45) is 11.8 Å². The molecule has 7 nitrogen and oxygen atoms in total. The fourth-order valence-electron chi connectivity index (χ4n) is 1.81. The van der Waals surface area contributed by atoms with Gasteiger partial charge in [0.25, 0.3) is 0 Å². The predicted octanol–water partition coefficient (Wildman–Crippen LogP) is 2.58. The van der Waals surface area contributed by atoms with Crippen molar-refractivity contribution in [3.8, 4) is 0 Å². The molecule has 0 bridgehead atoms. The van der Waals surface area contributed by atoms with E-state index in [1.54, 1.807) is 20.8 Å². The van der Waals surface area contributed by atoms with Gasteiger partial charge < -0.3 is 19.1 Å². The molecule has 1 amide bonds. The maximum Gasteiger partial charge on any atom is 0.516 e. The molecule has 1 rings (SSSR count). The summed E-state index contributed by atoms with van der Waals surface area (Å²) in [5.74, 6) is -0.475. The number of likely N-dealkylation sites (tertiary alicyclic amines) is 1. The van der Waals surface area contributed by atoms with Gasteiger partial charge in [0.2, 0.25) is 0 Å². The van der Waals surface area contributed by atoms with E-state index < -0.39 is 23.8 Å². The minimum atomic E-state index is -0.970. The summed E-state index contributed by atoms with van der Waals surface area (Å²) in [5, 5.41) is 0. The van der Waals surface area contributed by atoms with Crippen molar-refractivity contribution in [1.29, 1.82) is 0 Å². The van der Waals surface area contributed by atoms with Crippen LogP contribution in [0.25, 0.3) is 0 Å². The fraction of sp³-hybridized carbons (Fsp3) is 0.800. The van der Waals surface area contributed by atoms with Gasteiger partial charge in [-0.2, -0.15) is 0 Å². The molecule has 1 heterocycles. The first-order valence-electron chi connectivity index (χ1n) is 7.42. The zero-order valence-corrected chi connectivity index (χ0v) is 13.9. The average molecular weight is 315 g/mol. The molecule has 126 valence electrons. The van der Waals surface area contributed by atoms with Crippen molar-refractivity contribution in [3.63, 3.8) is 0 Å². The Morgan fingerprint density at radius 3 is 2.27 bits per heavy atom. The number of hydrogen-bond acceptors (Lipinski definition) is 6. The molecular formula is C15H25NO6. The van der Waals surface area contributed by atoms with Crippen molar-refractivity contribution < 1.29 is 28.6 Å². The molecule has 1 fully saturated rings. The first kappa shape index (κ1) is 18.3. The van der Waals surface area contributed by atoms with E-state index in [0.29, 0.717) is 13.1 Å². The minimum Gasteiger partial charge on any atom is -0.444 e. The SMILES string of the molecule is CC(C)COC(=O)OC(=O)CC1CN(C(=O)OC(C)(C)C)C1. The van der Waals surface area contributed by atoms with Crippen molar-refractivity contribution in [1.82, 2.24) is 4.90 Å². The second-order valence-corrected chi connectivity index (χ2v) is 6.88. The standard InChI is InChI=1S/C15H25NO6/c1-10(2)9-20-14(19)21-12(17)6-11-7-16(8-11)13(18)22-15(3,4)5/h10-11H,6-9H2,1-5H3. The van der Waals surface area contributed by atoms with E-state index in [1.165, 1.54) is 4.90 Å². The van der Waals surface area contributed by atoms with E-state index in [1.807, 2.05) is 13.8 Å². The number of ether oxygens (including phenoxy) is 3. The van der Waals surface area contributed by atoms with Crippen LogP contribution in [0.3, 0.4) is 0 Å². The van der Waals surface area contributed by atoms with Gasteiger partial charge in [-0.1, -0.05) is 13.8 Å². The zero-order valence-electron chi connectivity index (χ0n) is 13.9. The third-order valence-corrected chi connectivity index (χ3v) is 2.80. The lowest BCUT2D eigenvalue weighted by Gasteiger charge is -2.39. The van der Waals surface area contributed by atoms with Gasteiger partial charge in [-0.3, -0.25) is 4.79 Å². The van der Waals surface area contributed by atoms with Gasteiger partial charge in [0.15, 0.2) is 0 Å². The highest BCUT2D eigenvalue weighted by molar-refractivity contribution is 5.82. The molecule has 0 saturated carbocycles. The highest BCUT2D eigenvalue weighted by atomic mass is 16.7. The lowest BCUT2D eigenvalue weighted by atomic mass is 9.97. The summed E-state index contributed by atoms with van der Waals surface area (Å²) >= 11 is 0. The molecule has 22 heavy (non-hydrogen) atoms. The van der Waals surface area contributed by atoms with Gasteiger partial charge in [0.05, 0.1) is 13.0 Å². The van der Waals surface area contributed by atoms with E-state index >= 15 is 0 Å². The van der Waals surface area contributed by atoms with Gasteiger partial charge in [0.1, 0.15) is 5.60 Å². The maximum atomic E-state index is 11.7. The highest BCUT2D eigenvalue weighted by Crippen LogP contribution is 2.22. The Morgan fingerprint density at radius 1 is 1.18 bits per heavy atom. The molecule has 1 saturated heterocycles. The third-order valence-electron chi connectivity index (χ3n) is 2.80. The normalized spacial score (nSPS) is 15.3. The average Bonchev–Trinajstić information content (AvgIpc) is 2.28. The van der Waals surface area contributed by atoms with Crippen LogP contribution in [0.2, 0.25) is 0 Å². The van der Waals surface area contributed by atoms with Crippen LogP contribution in [-0.4, -0.2) is 48.4 Å². The van der Waals surface area contributed by atoms with E-state index in [-0.39, 0.29) is 24.9 Å². The van der Waals surface area contributed by atoms with Gasteiger partial charge in [0, 0.05) is 19.0 Å². The largest absolute Gasteiger partial charge is 0.516 e. The van der Waals surface area contributed by atoms with Crippen LogP contribution in [0.1, 0.15) is 41.0 Å². The third kappa shape index (κ3) is 6.78. The highest BCUT2D eigenvalue weighted by Gasteiger charge is 2.35. The van der Waals surface area contributed by atoms with Crippen LogP contribution in [0.4, 0.5) is 9.59 Å². The molecule has 0 spiro atoms. The van der Waals surface area contributed by atoms with Crippen LogP contribution in [0.5, 0.6) is 0 Å². The van der Waals surface area contributed by atoms with Crippen molar-refractivity contribution >= 4 is 18.2 Å². The Kier molecular flexibility index (Phi) is 6.20. The summed E-state index contributed by atoms with van der Waals surface area (Å²) in [6, 6.07) is 0. The first-order chi connectivity index (χ1) is 10.1. The molecule has 0 atom stereocenters. The lowest BCUT2D eigenvalue weighted by molar-refractivity contribution is -0.142. The monoisotopic (exact) mass is 315 g/mol. The van der Waals surface area contributed by atoms with Gasteiger partial charge in [-0.05, 0) is 26.7 Å². The number of rotatable bonds is 4. The van der Waals surface area contributed by atoms with Crippen LogP contribution in [0, 0.1) is 11.8 Å². The summed E-state index contributed by atoms with van der Waals surface area (Å²) in [4.78, 5) is 36.0. The van der Waals surface area contributed by atoms with Crippen LogP contribution in [-0.2, 0) is 19.0 Å². The predicted molar refractivity (Wildman–Crippen MR) is 78.2 cm³/mol. The van der Waals surface area contributed by atoms with Gasteiger partial charge in [-0.25, -0.2) is 9.59 Å². The molecule has 0 aliphatic carbocycles. The Balaban J connectivity index is 2.21. The van der Waals surface area contributed by atoms with Crippen LogP contribution >= 0.6 is 0 Å². The summed E-state index contributed by atoms with van der Waals surface area (Å²) in [7, 11) is 0. The molecule has 0 radical (unpaired) electrons. The second-order valence-electron chi connectivity index (χ2n) is 6.88. The number of nitrogens with zero attached hydrogens (tertiary/aromatic N) is 1. The molecule has 0 N–H and O–H groups in total. The quantitative estimate of drug-likeness (QED) is 0.586. The molecule has 0 aromatic heterocycles. The van der Waals surface area contributed by atoms with Gasteiger partial charge in [-0.15, -0.1) is 0 Å². The zero-order chi connectivity index (χ0) is 16.9. The van der Waals surface area contributed by atoms with Crippen molar-refractivity contribution in [2.45, 2.75) is 46.6 Å². The number of carbonyl (C=O) groups is 3. The second kappa shape index (κ2) is 7.47. The van der Waals surface area contributed by atoms with Crippen molar-refractivity contribution in [3.05, 3.63) is 0 Å². The Hall–Kier alpha value is -1.79. The fourth-order valence-corrected chi connectivity index (χ4v) is 1.81. The molecule has 0 aromatic carbocycles. The first-order valence-corrected chi connectivity index (χ1v) is 7.42. The van der Waals surface area contributed by atoms with Crippen LogP contribution < -0.4 is 0 Å². The summed E-state index contributed by atoms with van der Waals surface area (Å²) in [6.07, 6.45) is -1.29. The molecule has 0 aromatic rings. The maximum absolute atomic E-state index is 11.7. The van der Waals surface area contributed by atoms with E-state index in [9.17, 15) is 14.4 Å². The van der Waals surface area contributed by atoms with E-state index in [0.717, 1.165) is 0 Å². The summed E-state index contributed by atoms with van der Waals surface area (Å²) in [6.45, 7) is 10.2. The molecule has 7 heteroatoms. The molecule has 0 unspecified atom stereocenters. The van der Waals surface area contributed by atoms with Gasteiger partial charge >= 0.3 is 18.2 Å². The van der Waals surface area contributed by atoms with Crippen LogP contribution in [0.15, 0.2) is 0 Å². The lowest BCUT2D eigenvalue weighted by Crippen LogP contribution is -2.52. The summed E-state index contributed by atoms with van der Waals surface area (Å²) < 4.78 is 14.5. The topological polar surface area (TPSA) is 82.1 Å². The Labute approximate surface area is 130 Å². The molecular weight excluding hydrogens is 290 g/mol. The summed E-state index contributed by atoms with van der Waals surface area (Å²) in [5.41, 5.74) is -0.540. The number of hydrogen-bond donors (Lipinski definition) is 0. The number of carbonyl (C=O) groups excluding carboxylic acids is 3.